The third-order valence-corrected chi connectivity index (χ3v) is 4.74. The maximum Gasteiger partial charge on any atom is 0.0916 e. The van der Waals surface area contributed by atoms with E-state index in [1.54, 1.807) is 0 Å². The average Bonchev–Trinajstić information content (AvgIpc) is 2.50. The standard InChI is InChI=1S/C17H24N2O/c1-2-17(8-11-18)9-12-19(13-10-17)14-16(20)15-6-4-3-5-7-15/h3-7,16,20H,2,8-10,12-14H2,1H3. The van der Waals surface area contributed by atoms with E-state index < -0.39 is 6.10 Å². The summed E-state index contributed by atoms with van der Waals surface area (Å²) in [6.45, 7) is 4.85. The molecular formula is C17H24N2O. The molecule has 1 aromatic carbocycles. The van der Waals surface area contributed by atoms with Gasteiger partial charge in [-0.15, -0.1) is 0 Å². The number of aliphatic hydroxyl groups is 1. The third kappa shape index (κ3) is 3.59. The van der Waals surface area contributed by atoms with E-state index >= 15 is 0 Å². The second kappa shape index (κ2) is 6.88. The normalized spacial score (nSPS) is 20.2. The fourth-order valence-electron chi connectivity index (χ4n) is 3.06. The molecule has 0 radical (unpaired) electrons. The minimum atomic E-state index is -0.415. The minimum absolute atomic E-state index is 0.211. The van der Waals surface area contributed by atoms with Crippen LogP contribution in [0.3, 0.4) is 0 Å². The minimum Gasteiger partial charge on any atom is -0.387 e. The van der Waals surface area contributed by atoms with Gasteiger partial charge in [0.05, 0.1) is 12.2 Å². The molecule has 1 aromatic rings. The molecule has 0 aliphatic carbocycles. The number of nitriles is 1. The largest absolute Gasteiger partial charge is 0.387 e. The first kappa shape index (κ1) is 15.0. The van der Waals surface area contributed by atoms with Crippen LogP contribution in [0.2, 0.25) is 0 Å². The first-order valence-electron chi connectivity index (χ1n) is 7.51. The van der Waals surface area contributed by atoms with Gasteiger partial charge in [-0.3, -0.25) is 0 Å². The maximum atomic E-state index is 10.3. The van der Waals surface area contributed by atoms with Crippen molar-refractivity contribution in [1.82, 2.24) is 4.90 Å². The van der Waals surface area contributed by atoms with Crippen LogP contribution in [0, 0.1) is 16.7 Å². The average molecular weight is 272 g/mol. The van der Waals surface area contributed by atoms with E-state index in [2.05, 4.69) is 17.9 Å². The number of aliphatic hydroxyl groups excluding tert-OH is 1. The second-order valence-corrected chi connectivity index (χ2v) is 5.92. The van der Waals surface area contributed by atoms with Crippen LogP contribution in [-0.2, 0) is 0 Å². The number of likely N-dealkylation sites (tertiary alicyclic amines) is 1. The van der Waals surface area contributed by atoms with Gasteiger partial charge in [-0.05, 0) is 43.3 Å². The third-order valence-electron chi connectivity index (χ3n) is 4.74. The van der Waals surface area contributed by atoms with E-state index in [1.165, 1.54) is 0 Å². The summed E-state index contributed by atoms with van der Waals surface area (Å²) in [5.41, 5.74) is 1.19. The van der Waals surface area contributed by atoms with Gasteiger partial charge in [0.25, 0.3) is 0 Å². The molecule has 1 aliphatic rings. The van der Waals surface area contributed by atoms with Gasteiger partial charge in [0, 0.05) is 13.0 Å². The highest BCUT2D eigenvalue weighted by Crippen LogP contribution is 2.38. The van der Waals surface area contributed by atoms with E-state index in [1.807, 2.05) is 30.3 Å². The first-order chi connectivity index (χ1) is 9.69. The molecule has 108 valence electrons. The lowest BCUT2D eigenvalue weighted by molar-refractivity contribution is 0.0569. The van der Waals surface area contributed by atoms with Crippen LogP contribution in [0.1, 0.15) is 44.3 Å². The summed E-state index contributed by atoms with van der Waals surface area (Å²) >= 11 is 0. The lowest BCUT2D eigenvalue weighted by Gasteiger charge is -2.40. The van der Waals surface area contributed by atoms with Crippen LogP contribution < -0.4 is 0 Å². The zero-order valence-electron chi connectivity index (χ0n) is 12.3. The summed E-state index contributed by atoms with van der Waals surface area (Å²) in [5, 5.41) is 19.2. The monoisotopic (exact) mass is 272 g/mol. The number of benzene rings is 1. The number of hydrogen-bond donors (Lipinski definition) is 1. The smallest absolute Gasteiger partial charge is 0.0916 e. The van der Waals surface area contributed by atoms with Crippen LogP contribution in [0.15, 0.2) is 30.3 Å². The molecule has 1 N–H and O–H groups in total. The Morgan fingerprint density at radius 2 is 1.95 bits per heavy atom. The lowest BCUT2D eigenvalue weighted by atomic mass is 9.74. The number of hydrogen-bond acceptors (Lipinski definition) is 3. The summed E-state index contributed by atoms with van der Waals surface area (Å²) in [6, 6.07) is 12.2. The van der Waals surface area contributed by atoms with Gasteiger partial charge >= 0.3 is 0 Å². The summed E-state index contributed by atoms with van der Waals surface area (Å²) in [6.07, 6.45) is 3.46. The molecule has 0 spiro atoms. The van der Waals surface area contributed by atoms with Crippen molar-refractivity contribution in [3.05, 3.63) is 35.9 Å². The lowest BCUT2D eigenvalue weighted by Crippen LogP contribution is -2.41. The Hall–Kier alpha value is -1.37. The first-order valence-corrected chi connectivity index (χ1v) is 7.51. The Balaban J connectivity index is 1.87. The Morgan fingerprint density at radius 3 is 2.50 bits per heavy atom. The van der Waals surface area contributed by atoms with Crippen molar-refractivity contribution < 1.29 is 5.11 Å². The molecule has 1 saturated heterocycles. The van der Waals surface area contributed by atoms with Crippen LogP contribution in [0.25, 0.3) is 0 Å². The SMILES string of the molecule is CCC1(CC#N)CCN(CC(O)c2ccccc2)CC1. The molecule has 3 heteroatoms. The van der Waals surface area contributed by atoms with Crippen LogP contribution >= 0.6 is 0 Å². The molecule has 1 aliphatic heterocycles. The van der Waals surface area contributed by atoms with Gasteiger partial charge in [0.1, 0.15) is 0 Å². The van der Waals surface area contributed by atoms with Gasteiger partial charge in [0.15, 0.2) is 0 Å². The van der Waals surface area contributed by atoms with Gasteiger partial charge in [-0.1, -0.05) is 37.3 Å². The molecule has 20 heavy (non-hydrogen) atoms. The number of nitrogens with zero attached hydrogens (tertiary/aromatic N) is 2. The van der Waals surface area contributed by atoms with E-state index in [9.17, 15) is 5.11 Å². The molecule has 1 atom stereocenters. The highest BCUT2D eigenvalue weighted by atomic mass is 16.3. The molecule has 0 amide bonds. The Labute approximate surface area is 121 Å². The molecule has 0 saturated carbocycles. The van der Waals surface area contributed by atoms with Crippen molar-refractivity contribution in [3.63, 3.8) is 0 Å². The summed E-state index contributed by atoms with van der Waals surface area (Å²) < 4.78 is 0. The van der Waals surface area contributed by atoms with Crippen molar-refractivity contribution >= 4 is 0 Å². The number of β-amino-alcohol motifs (C(OH)–C–C–N with tert-alkyl or cyclic N) is 1. The molecule has 1 heterocycles. The molecule has 0 aromatic heterocycles. The second-order valence-electron chi connectivity index (χ2n) is 5.92. The highest BCUT2D eigenvalue weighted by molar-refractivity contribution is 5.17. The Bertz CT molecular complexity index is 444. The van der Waals surface area contributed by atoms with Crippen LogP contribution in [-0.4, -0.2) is 29.6 Å². The zero-order valence-corrected chi connectivity index (χ0v) is 12.3. The van der Waals surface area contributed by atoms with Crippen LogP contribution in [0.4, 0.5) is 0 Å². The van der Waals surface area contributed by atoms with Crippen molar-refractivity contribution in [3.8, 4) is 6.07 Å². The fraction of sp³-hybridized carbons (Fsp3) is 0.588. The van der Waals surface area contributed by atoms with Gasteiger partial charge in [-0.2, -0.15) is 5.26 Å². The predicted octanol–water partition coefficient (Wildman–Crippen LogP) is 3.13. The molecule has 1 fully saturated rings. The topological polar surface area (TPSA) is 47.3 Å². The number of piperidine rings is 1. The summed E-state index contributed by atoms with van der Waals surface area (Å²) in [5.74, 6) is 0. The van der Waals surface area contributed by atoms with Crippen molar-refractivity contribution in [2.45, 2.75) is 38.7 Å². The Morgan fingerprint density at radius 1 is 1.30 bits per heavy atom. The predicted molar refractivity (Wildman–Crippen MR) is 80.0 cm³/mol. The number of rotatable bonds is 5. The molecule has 3 nitrogen and oxygen atoms in total. The molecule has 0 bridgehead atoms. The zero-order chi connectivity index (χ0) is 14.4. The van der Waals surface area contributed by atoms with E-state index in [0.29, 0.717) is 13.0 Å². The van der Waals surface area contributed by atoms with Crippen molar-refractivity contribution in [2.24, 2.45) is 5.41 Å². The van der Waals surface area contributed by atoms with Crippen LogP contribution in [0.5, 0.6) is 0 Å². The van der Waals surface area contributed by atoms with Gasteiger partial charge in [-0.25, -0.2) is 0 Å². The fourth-order valence-corrected chi connectivity index (χ4v) is 3.06. The van der Waals surface area contributed by atoms with Crippen molar-refractivity contribution in [1.29, 1.82) is 5.26 Å². The molecular weight excluding hydrogens is 248 g/mol. The van der Waals surface area contributed by atoms with E-state index in [0.717, 1.165) is 37.9 Å². The highest BCUT2D eigenvalue weighted by Gasteiger charge is 2.33. The summed E-state index contributed by atoms with van der Waals surface area (Å²) in [7, 11) is 0. The van der Waals surface area contributed by atoms with E-state index in [-0.39, 0.29) is 5.41 Å². The maximum absolute atomic E-state index is 10.3. The van der Waals surface area contributed by atoms with Gasteiger partial charge < -0.3 is 10.0 Å². The van der Waals surface area contributed by atoms with Crippen molar-refractivity contribution in [2.75, 3.05) is 19.6 Å². The molecule has 2 rings (SSSR count). The Kier molecular flexibility index (Phi) is 5.17. The summed E-state index contributed by atoms with van der Waals surface area (Å²) in [4.78, 5) is 2.32. The quantitative estimate of drug-likeness (QED) is 0.896. The molecule has 1 unspecified atom stereocenters. The van der Waals surface area contributed by atoms with Gasteiger partial charge in [0.2, 0.25) is 0 Å². The van der Waals surface area contributed by atoms with E-state index in [4.69, 9.17) is 5.26 Å².